The van der Waals surface area contributed by atoms with Crippen LogP contribution in [0.15, 0.2) is 77.4 Å². The summed E-state index contributed by atoms with van der Waals surface area (Å²) in [6.07, 6.45) is 0.976. The van der Waals surface area contributed by atoms with Crippen LogP contribution in [0, 0.1) is 0 Å². The lowest BCUT2D eigenvalue weighted by Gasteiger charge is -2.14. The van der Waals surface area contributed by atoms with Crippen LogP contribution in [0.4, 0.5) is 5.69 Å². The molecular weight excluding hydrogens is 408 g/mol. The number of rotatable bonds is 11. The maximum Gasteiger partial charge on any atom is 0.336 e. The van der Waals surface area contributed by atoms with Crippen LogP contribution >= 0.6 is 0 Å². The number of anilines is 1. The van der Waals surface area contributed by atoms with E-state index >= 15 is 0 Å². The third kappa shape index (κ3) is 5.54. The molecule has 0 radical (unpaired) electrons. The first-order valence-corrected chi connectivity index (χ1v) is 10.5. The SMILES string of the molecule is CCOc1nc(-c2ccco2)n(-c2ccc(NCC(O)COCc3ccccc3)cc2)n1. The van der Waals surface area contributed by atoms with Crippen molar-refractivity contribution in [2.75, 3.05) is 25.1 Å². The topological polar surface area (TPSA) is 94.6 Å². The van der Waals surface area contributed by atoms with E-state index in [1.54, 1.807) is 17.0 Å². The summed E-state index contributed by atoms with van der Waals surface area (Å²) < 4.78 is 18.2. The quantitative estimate of drug-likeness (QED) is 0.369. The summed E-state index contributed by atoms with van der Waals surface area (Å²) in [6, 6.07) is 21.5. The number of benzene rings is 2. The van der Waals surface area contributed by atoms with E-state index in [1.807, 2.05) is 67.6 Å². The molecule has 0 saturated heterocycles. The number of furan rings is 1. The lowest BCUT2D eigenvalue weighted by Crippen LogP contribution is -2.24. The monoisotopic (exact) mass is 434 g/mol. The molecule has 0 amide bonds. The molecule has 0 bridgehead atoms. The highest BCUT2D eigenvalue weighted by Crippen LogP contribution is 2.24. The molecule has 8 heteroatoms. The van der Waals surface area contributed by atoms with Gasteiger partial charge in [0.15, 0.2) is 5.76 Å². The molecule has 4 aromatic rings. The number of aromatic nitrogens is 3. The smallest absolute Gasteiger partial charge is 0.336 e. The maximum absolute atomic E-state index is 10.2. The predicted molar refractivity (Wildman–Crippen MR) is 121 cm³/mol. The van der Waals surface area contributed by atoms with Crippen LogP contribution in [0.5, 0.6) is 6.01 Å². The molecule has 166 valence electrons. The van der Waals surface area contributed by atoms with Crippen molar-refractivity contribution in [3.05, 3.63) is 78.6 Å². The molecule has 32 heavy (non-hydrogen) atoms. The van der Waals surface area contributed by atoms with Crippen LogP contribution in [0.25, 0.3) is 17.3 Å². The third-order valence-electron chi connectivity index (χ3n) is 4.68. The van der Waals surface area contributed by atoms with Gasteiger partial charge >= 0.3 is 6.01 Å². The van der Waals surface area contributed by atoms with E-state index < -0.39 is 6.10 Å². The van der Waals surface area contributed by atoms with Crippen molar-refractivity contribution in [3.63, 3.8) is 0 Å². The van der Waals surface area contributed by atoms with Gasteiger partial charge in [0, 0.05) is 12.2 Å². The summed E-state index contributed by atoms with van der Waals surface area (Å²) in [4.78, 5) is 4.42. The number of aliphatic hydroxyl groups is 1. The van der Waals surface area contributed by atoms with E-state index in [4.69, 9.17) is 13.9 Å². The summed E-state index contributed by atoms with van der Waals surface area (Å²) >= 11 is 0. The van der Waals surface area contributed by atoms with E-state index in [9.17, 15) is 5.11 Å². The van der Waals surface area contributed by atoms with Gasteiger partial charge < -0.3 is 24.3 Å². The standard InChI is InChI=1S/C24H26N4O4/c1-2-31-24-26-23(22-9-6-14-32-22)28(27-24)20-12-10-19(11-13-20)25-15-21(29)17-30-16-18-7-4-3-5-8-18/h3-14,21,25,29H,2,15-17H2,1H3. The highest BCUT2D eigenvalue weighted by Gasteiger charge is 2.16. The minimum Gasteiger partial charge on any atom is -0.463 e. The molecule has 0 saturated carbocycles. The van der Waals surface area contributed by atoms with Gasteiger partial charge in [-0.15, -0.1) is 5.10 Å². The van der Waals surface area contributed by atoms with Crippen molar-refractivity contribution in [1.82, 2.24) is 14.8 Å². The zero-order valence-electron chi connectivity index (χ0n) is 17.8. The second-order valence-corrected chi connectivity index (χ2v) is 7.12. The van der Waals surface area contributed by atoms with Gasteiger partial charge in [0.1, 0.15) is 0 Å². The number of hydrogen-bond donors (Lipinski definition) is 2. The first kappa shape index (κ1) is 21.6. The lowest BCUT2D eigenvalue weighted by molar-refractivity contribution is 0.0348. The Labute approximate surface area is 186 Å². The van der Waals surface area contributed by atoms with Crippen LogP contribution in [0.3, 0.4) is 0 Å². The Balaban J connectivity index is 1.34. The van der Waals surface area contributed by atoms with Crippen LogP contribution in [0.2, 0.25) is 0 Å². The Morgan fingerprint density at radius 1 is 1.06 bits per heavy atom. The van der Waals surface area contributed by atoms with Crippen LogP contribution in [0.1, 0.15) is 12.5 Å². The normalized spacial score (nSPS) is 11.9. The maximum atomic E-state index is 10.2. The Bertz CT molecular complexity index is 1080. The van der Waals surface area contributed by atoms with E-state index in [0.717, 1.165) is 16.9 Å². The van der Waals surface area contributed by atoms with Gasteiger partial charge in [0.05, 0.1) is 37.9 Å². The minimum absolute atomic E-state index is 0.256. The summed E-state index contributed by atoms with van der Waals surface area (Å²) in [7, 11) is 0. The van der Waals surface area contributed by atoms with Crippen molar-refractivity contribution in [3.8, 4) is 23.3 Å². The van der Waals surface area contributed by atoms with E-state index in [2.05, 4.69) is 15.4 Å². The first-order chi connectivity index (χ1) is 15.7. The van der Waals surface area contributed by atoms with E-state index in [-0.39, 0.29) is 6.61 Å². The summed E-state index contributed by atoms with van der Waals surface area (Å²) in [5, 5.41) is 17.8. The summed E-state index contributed by atoms with van der Waals surface area (Å²) in [5.74, 6) is 1.16. The van der Waals surface area contributed by atoms with E-state index in [0.29, 0.717) is 37.4 Å². The number of hydrogen-bond acceptors (Lipinski definition) is 7. The average molecular weight is 434 g/mol. The van der Waals surface area contributed by atoms with Crippen molar-refractivity contribution >= 4 is 5.69 Å². The van der Waals surface area contributed by atoms with Gasteiger partial charge in [-0.2, -0.15) is 4.98 Å². The molecule has 4 rings (SSSR count). The Hall–Kier alpha value is -3.62. The largest absolute Gasteiger partial charge is 0.463 e. The highest BCUT2D eigenvalue weighted by molar-refractivity contribution is 5.54. The fourth-order valence-electron chi connectivity index (χ4n) is 3.13. The fraction of sp³-hybridized carbons (Fsp3) is 0.250. The summed E-state index contributed by atoms with van der Waals surface area (Å²) in [6.45, 7) is 3.47. The molecule has 2 heterocycles. The van der Waals surface area contributed by atoms with Crippen molar-refractivity contribution < 1.29 is 19.0 Å². The van der Waals surface area contributed by atoms with E-state index in [1.165, 1.54) is 0 Å². The number of aliphatic hydroxyl groups excluding tert-OH is 1. The second kappa shape index (κ2) is 10.6. The minimum atomic E-state index is -0.618. The molecule has 0 spiro atoms. The van der Waals surface area contributed by atoms with Gasteiger partial charge in [-0.3, -0.25) is 0 Å². The molecule has 2 N–H and O–H groups in total. The van der Waals surface area contributed by atoms with Crippen LogP contribution < -0.4 is 10.1 Å². The Morgan fingerprint density at radius 3 is 2.59 bits per heavy atom. The molecule has 0 fully saturated rings. The van der Waals surface area contributed by atoms with Crippen molar-refractivity contribution in [2.24, 2.45) is 0 Å². The first-order valence-electron chi connectivity index (χ1n) is 10.5. The van der Waals surface area contributed by atoms with Crippen LogP contribution in [-0.4, -0.2) is 45.7 Å². The summed E-state index contributed by atoms with van der Waals surface area (Å²) in [5.41, 5.74) is 2.77. The molecule has 0 aliphatic heterocycles. The molecule has 0 aliphatic carbocycles. The molecule has 2 aromatic heterocycles. The fourth-order valence-corrected chi connectivity index (χ4v) is 3.13. The number of nitrogens with one attached hydrogen (secondary N) is 1. The van der Waals surface area contributed by atoms with Gasteiger partial charge in [-0.1, -0.05) is 30.3 Å². The molecule has 1 atom stereocenters. The van der Waals surface area contributed by atoms with Gasteiger partial charge in [-0.25, -0.2) is 4.68 Å². The van der Waals surface area contributed by atoms with Gasteiger partial charge in [-0.05, 0) is 48.9 Å². The molecule has 0 aliphatic rings. The lowest BCUT2D eigenvalue weighted by atomic mass is 10.2. The number of nitrogens with zero attached hydrogens (tertiary/aromatic N) is 3. The molecule has 1 unspecified atom stereocenters. The van der Waals surface area contributed by atoms with Gasteiger partial charge in [0.2, 0.25) is 5.82 Å². The van der Waals surface area contributed by atoms with Crippen molar-refractivity contribution in [1.29, 1.82) is 0 Å². The Morgan fingerprint density at radius 2 is 1.88 bits per heavy atom. The molecule has 8 nitrogen and oxygen atoms in total. The molecular formula is C24H26N4O4. The Kier molecular flexibility index (Phi) is 7.16. The third-order valence-corrected chi connectivity index (χ3v) is 4.68. The van der Waals surface area contributed by atoms with Crippen LogP contribution in [-0.2, 0) is 11.3 Å². The van der Waals surface area contributed by atoms with Gasteiger partial charge in [0.25, 0.3) is 0 Å². The van der Waals surface area contributed by atoms with Crippen molar-refractivity contribution in [2.45, 2.75) is 19.6 Å². The zero-order chi connectivity index (χ0) is 22.2. The highest BCUT2D eigenvalue weighted by atomic mass is 16.5. The predicted octanol–water partition coefficient (Wildman–Crippen LogP) is 3.92. The second-order valence-electron chi connectivity index (χ2n) is 7.12. The number of ether oxygens (including phenoxy) is 2. The molecule has 2 aromatic carbocycles. The average Bonchev–Trinajstić information content (AvgIpc) is 3.49. The zero-order valence-corrected chi connectivity index (χ0v) is 17.8.